The summed E-state index contributed by atoms with van der Waals surface area (Å²) in [6.45, 7) is 17.7. The third-order valence-corrected chi connectivity index (χ3v) is 4.87. The molecule has 1 N–H and O–H groups in total. The zero-order valence-corrected chi connectivity index (χ0v) is 14.9. The third-order valence-electron chi connectivity index (χ3n) is 4.87. The second-order valence-corrected chi connectivity index (χ2v) is 7.89. The molecule has 1 fully saturated rings. The summed E-state index contributed by atoms with van der Waals surface area (Å²) in [4.78, 5) is 5.07. The maximum Gasteiger partial charge on any atom is 0.0254 e. The van der Waals surface area contributed by atoms with Gasteiger partial charge in [0.15, 0.2) is 0 Å². The molecule has 120 valence electrons. The van der Waals surface area contributed by atoms with E-state index in [0.29, 0.717) is 5.41 Å². The Morgan fingerprint density at radius 1 is 1.30 bits per heavy atom. The molecular weight excluding hydrogens is 246 g/mol. The van der Waals surface area contributed by atoms with Crippen molar-refractivity contribution in [3.8, 4) is 0 Å². The molecule has 0 aliphatic carbocycles. The van der Waals surface area contributed by atoms with E-state index in [1.54, 1.807) is 0 Å². The molecule has 0 amide bonds. The maximum absolute atomic E-state index is 3.66. The van der Waals surface area contributed by atoms with Gasteiger partial charge in [0.05, 0.1) is 0 Å². The van der Waals surface area contributed by atoms with Gasteiger partial charge in [0.2, 0.25) is 0 Å². The third kappa shape index (κ3) is 5.34. The van der Waals surface area contributed by atoms with Gasteiger partial charge in [-0.1, -0.05) is 34.6 Å². The molecule has 1 aliphatic heterocycles. The SMILES string of the molecule is CCC(C)(CNCC(C)C)CN1CC(C)C(N(C)C)C1. The Bertz CT molecular complexity index is 277. The van der Waals surface area contributed by atoms with Crippen LogP contribution in [0, 0.1) is 17.3 Å². The molecule has 0 bridgehead atoms. The van der Waals surface area contributed by atoms with Crippen LogP contribution in [0.3, 0.4) is 0 Å². The van der Waals surface area contributed by atoms with Crippen molar-refractivity contribution in [1.82, 2.24) is 15.1 Å². The first-order valence-electron chi connectivity index (χ1n) is 8.37. The second-order valence-electron chi connectivity index (χ2n) is 7.89. The van der Waals surface area contributed by atoms with Gasteiger partial charge in [-0.2, -0.15) is 0 Å². The molecule has 1 heterocycles. The molecule has 1 rings (SSSR count). The van der Waals surface area contributed by atoms with Gasteiger partial charge in [0, 0.05) is 32.2 Å². The van der Waals surface area contributed by atoms with E-state index in [1.807, 2.05) is 0 Å². The van der Waals surface area contributed by atoms with Crippen LogP contribution in [0.25, 0.3) is 0 Å². The van der Waals surface area contributed by atoms with E-state index >= 15 is 0 Å². The monoisotopic (exact) mass is 283 g/mol. The number of hydrogen-bond acceptors (Lipinski definition) is 3. The summed E-state index contributed by atoms with van der Waals surface area (Å²) in [5, 5.41) is 3.66. The molecule has 0 saturated carbocycles. The average molecular weight is 284 g/mol. The van der Waals surface area contributed by atoms with Crippen molar-refractivity contribution in [1.29, 1.82) is 0 Å². The minimum absolute atomic E-state index is 0.399. The van der Waals surface area contributed by atoms with Gasteiger partial charge in [-0.3, -0.25) is 0 Å². The van der Waals surface area contributed by atoms with Gasteiger partial charge in [-0.25, -0.2) is 0 Å². The number of likely N-dealkylation sites (tertiary alicyclic amines) is 1. The lowest BCUT2D eigenvalue weighted by Gasteiger charge is -2.34. The highest BCUT2D eigenvalue weighted by molar-refractivity contribution is 4.90. The van der Waals surface area contributed by atoms with E-state index in [-0.39, 0.29) is 0 Å². The van der Waals surface area contributed by atoms with Crippen molar-refractivity contribution in [2.24, 2.45) is 17.3 Å². The first-order valence-corrected chi connectivity index (χ1v) is 8.37. The van der Waals surface area contributed by atoms with E-state index < -0.39 is 0 Å². The normalized spacial score (nSPS) is 27.4. The zero-order chi connectivity index (χ0) is 15.3. The molecule has 3 atom stereocenters. The van der Waals surface area contributed by atoms with E-state index in [9.17, 15) is 0 Å². The van der Waals surface area contributed by atoms with E-state index in [4.69, 9.17) is 0 Å². The number of likely N-dealkylation sites (N-methyl/N-ethyl adjacent to an activating group) is 1. The lowest BCUT2D eigenvalue weighted by molar-refractivity contribution is 0.168. The van der Waals surface area contributed by atoms with Crippen molar-refractivity contribution < 1.29 is 0 Å². The number of nitrogens with zero attached hydrogens (tertiary/aromatic N) is 2. The van der Waals surface area contributed by atoms with E-state index in [1.165, 1.54) is 26.1 Å². The summed E-state index contributed by atoms with van der Waals surface area (Å²) in [5.74, 6) is 1.52. The lowest BCUT2D eigenvalue weighted by Crippen LogP contribution is -2.43. The summed E-state index contributed by atoms with van der Waals surface area (Å²) >= 11 is 0. The predicted molar refractivity (Wildman–Crippen MR) is 89.2 cm³/mol. The first-order chi connectivity index (χ1) is 9.27. The first kappa shape index (κ1) is 17.9. The van der Waals surface area contributed by atoms with E-state index in [2.05, 4.69) is 63.8 Å². The molecule has 0 aromatic heterocycles. The average Bonchev–Trinajstić information content (AvgIpc) is 2.69. The smallest absolute Gasteiger partial charge is 0.0254 e. The highest BCUT2D eigenvalue weighted by Crippen LogP contribution is 2.27. The number of hydrogen-bond donors (Lipinski definition) is 1. The van der Waals surface area contributed by atoms with Gasteiger partial charge in [-0.05, 0) is 44.3 Å². The van der Waals surface area contributed by atoms with Crippen LogP contribution >= 0.6 is 0 Å². The molecule has 20 heavy (non-hydrogen) atoms. The van der Waals surface area contributed by atoms with Crippen LogP contribution in [0.5, 0.6) is 0 Å². The van der Waals surface area contributed by atoms with Gasteiger partial charge < -0.3 is 15.1 Å². The fraction of sp³-hybridized carbons (Fsp3) is 1.00. The Labute approximate surface area is 127 Å². The topological polar surface area (TPSA) is 18.5 Å². The zero-order valence-electron chi connectivity index (χ0n) is 14.9. The van der Waals surface area contributed by atoms with Crippen molar-refractivity contribution in [3.63, 3.8) is 0 Å². The van der Waals surface area contributed by atoms with E-state index in [0.717, 1.165) is 31.0 Å². The van der Waals surface area contributed by atoms with Gasteiger partial charge in [-0.15, -0.1) is 0 Å². The van der Waals surface area contributed by atoms with Crippen molar-refractivity contribution in [3.05, 3.63) is 0 Å². The van der Waals surface area contributed by atoms with Crippen LogP contribution in [0.2, 0.25) is 0 Å². The van der Waals surface area contributed by atoms with Crippen LogP contribution in [0.15, 0.2) is 0 Å². The lowest BCUT2D eigenvalue weighted by atomic mass is 9.86. The summed E-state index contributed by atoms with van der Waals surface area (Å²) in [6, 6.07) is 0.722. The van der Waals surface area contributed by atoms with Crippen LogP contribution in [-0.2, 0) is 0 Å². The summed E-state index contributed by atoms with van der Waals surface area (Å²) in [7, 11) is 4.43. The predicted octanol–water partition coefficient (Wildman–Crippen LogP) is 2.53. The molecule has 3 nitrogen and oxygen atoms in total. The summed E-state index contributed by atoms with van der Waals surface area (Å²) < 4.78 is 0. The molecule has 0 aromatic rings. The fourth-order valence-corrected chi connectivity index (χ4v) is 3.34. The Morgan fingerprint density at radius 3 is 2.40 bits per heavy atom. The van der Waals surface area contributed by atoms with Gasteiger partial charge in [0.1, 0.15) is 0 Å². The van der Waals surface area contributed by atoms with Gasteiger partial charge >= 0.3 is 0 Å². The Morgan fingerprint density at radius 2 is 1.95 bits per heavy atom. The molecule has 0 radical (unpaired) electrons. The summed E-state index contributed by atoms with van der Waals surface area (Å²) in [6.07, 6.45) is 1.25. The molecule has 0 aromatic carbocycles. The summed E-state index contributed by atoms with van der Waals surface area (Å²) in [5.41, 5.74) is 0.399. The fourth-order valence-electron chi connectivity index (χ4n) is 3.34. The van der Waals surface area contributed by atoms with Crippen LogP contribution in [0.1, 0.15) is 41.0 Å². The van der Waals surface area contributed by atoms with Crippen molar-refractivity contribution in [2.75, 3.05) is 46.8 Å². The minimum atomic E-state index is 0.399. The van der Waals surface area contributed by atoms with Gasteiger partial charge in [0.25, 0.3) is 0 Å². The number of rotatable bonds is 8. The highest BCUT2D eigenvalue weighted by Gasteiger charge is 2.34. The van der Waals surface area contributed by atoms with Crippen LogP contribution in [0.4, 0.5) is 0 Å². The standard InChI is InChI=1S/C17H37N3/c1-8-17(5,12-18-9-14(2)3)13-20-10-15(4)16(11-20)19(6)7/h14-16,18H,8-13H2,1-7H3. The number of nitrogens with one attached hydrogen (secondary N) is 1. The molecular formula is C17H37N3. The molecule has 1 saturated heterocycles. The minimum Gasteiger partial charge on any atom is -0.316 e. The van der Waals surface area contributed by atoms with Crippen molar-refractivity contribution >= 4 is 0 Å². The van der Waals surface area contributed by atoms with Crippen LogP contribution in [-0.4, -0.2) is 62.7 Å². The molecule has 0 spiro atoms. The Kier molecular flexibility index (Phi) is 6.96. The Balaban J connectivity index is 2.47. The highest BCUT2D eigenvalue weighted by atomic mass is 15.2. The second kappa shape index (κ2) is 7.77. The largest absolute Gasteiger partial charge is 0.316 e. The maximum atomic E-state index is 3.66. The Hall–Kier alpha value is -0.120. The molecule has 1 aliphatic rings. The molecule has 3 heteroatoms. The van der Waals surface area contributed by atoms with Crippen molar-refractivity contribution in [2.45, 2.75) is 47.1 Å². The molecule has 3 unspecified atom stereocenters. The quantitative estimate of drug-likeness (QED) is 0.738. The van der Waals surface area contributed by atoms with Crippen LogP contribution < -0.4 is 5.32 Å².